The molecule has 0 amide bonds. The first-order chi connectivity index (χ1) is 8.79. The molecule has 0 fully saturated rings. The van der Waals surface area contributed by atoms with Gasteiger partial charge in [0.05, 0.1) is 5.92 Å². The van der Waals surface area contributed by atoms with Crippen molar-refractivity contribution in [2.75, 3.05) is 6.54 Å². The van der Waals surface area contributed by atoms with Gasteiger partial charge in [-0.1, -0.05) is 37.3 Å². The summed E-state index contributed by atoms with van der Waals surface area (Å²) in [4.78, 5) is 11.8. The van der Waals surface area contributed by atoms with Crippen LogP contribution in [-0.4, -0.2) is 18.1 Å². The molecule has 1 aromatic carbocycles. The molecule has 0 unspecified atom stereocenters. The van der Waals surface area contributed by atoms with Crippen molar-refractivity contribution in [3.8, 4) is 0 Å². The molecule has 3 nitrogen and oxygen atoms in total. The molecule has 0 aliphatic rings. The lowest BCUT2D eigenvalue weighted by Crippen LogP contribution is -2.33. The highest BCUT2D eigenvalue weighted by atomic mass is 16.6. The normalized spacial score (nSPS) is 14.8. The number of esters is 1. The van der Waals surface area contributed by atoms with Crippen LogP contribution in [0.1, 0.15) is 46.2 Å². The van der Waals surface area contributed by atoms with Crippen LogP contribution < -0.4 is 5.32 Å². The van der Waals surface area contributed by atoms with Crippen LogP contribution in [0.4, 0.5) is 0 Å². The van der Waals surface area contributed by atoms with E-state index in [4.69, 9.17) is 4.74 Å². The van der Waals surface area contributed by atoms with E-state index in [0.29, 0.717) is 6.54 Å². The second-order valence-electron chi connectivity index (χ2n) is 5.98. The molecule has 19 heavy (non-hydrogen) atoms. The zero-order chi connectivity index (χ0) is 14.5. The number of nitrogens with one attached hydrogen (secondary N) is 1. The largest absolute Gasteiger partial charge is 0.460 e. The van der Waals surface area contributed by atoms with Crippen LogP contribution >= 0.6 is 0 Å². The molecule has 2 atom stereocenters. The number of carbonyl (C=O) groups excluding carboxylic acids is 1. The van der Waals surface area contributed by atoms with Crippen LogP contribution in [0.5, 0.6) is 0 Å². The quantitative estimate of drug-likeness (QED) is 0.828. The highest BCUT2D eigenvalue weighted by Crippen LogP contribution is 2.14. The van der Waals surface area contributed by atoms with E-state index >= 15 is 0 Å². The molecule has 106 valence electrons. The first-order valence-corrected chi connectivity index (χ1v) is 6.81. The van der Waals surface area contributed by atoms with Gasteiger partial charge in [0.15, 0.2) is 0 Å². The molecular formula is C16H25NO2. The van der Waals surface area contributed by atoms with Gasteiger partial charge >= 0.3 is 5.97 Å². The van der Waals surface area contributed by atoms with E-state index in [9.17, 15) is 4.79 Å². The lowest BCUT2D eigenvalue weighted by Gasteiger charge is -2.23. The Morgan fingerprint density at radius 2 is 1.79 bits per heavy atom. The summed E-state index contributed by atoms with van der Waals surface area (Å²) in [6.07, 6.45) is 0. The number of ether oxygens (including phenoxy) is 1. The van der Waals surface area contributed by atoms with Crippen LogP contribution in [0.2, 0.25) is 0 Å². The summed E-state index contributed by atoms with van der Waals surface area (Å²) in [5.41, 5.74) is 0.801. The third kappa shape index (κ3) is 5.88. The van der Waals surface area contributed by atoms with Crippen molar-refractivity contribution in [1.29, 1.82) is 0 Å². The molecule has 0 aliphatic heterocycles. The fourth-order valence-corrected chi connectivity index (χ4v) is 1.70. The van der Waals surface area contributed by atoms with E-state index in [0.717, 1.165) is 0 Å². The zero-order valence-electron chi connectivity index (χ0n) is 12.6. The maximum Gasteiger partial charge on any atom is 0.310 e. The van der Waals surface area contributed by atoms with Crippen molar-refractivity contribution in [3.63, 3.8) is 0 Å². The van der Waals surface area contributed by atoms with Crippen molar-refractivity contribution in [2.24, 2.45) is 5.92 Å². The van der Waals surface area contributed by atoms with Gasteiger partial charge in [-0.3, -0.25) is 4.79 Å². The molecule has 0 radical (unpaired) electrons. The summed E-state index contributed by atoms with van der Waals surface area (Å²) < 4.78 is 5.36. The van der Waals surface area contributed by atoms with Crippen LogP contribution in [0, 0.1) is 5.92 Å². The summed E-state index contributed by atoms with van der Waals surface area (Å²) in [5, 5.41) is 3.36. The van der Waals surface area contributed by atoms with E-state index in [-0.39, 0.29) is 17.9 Å². The Morgan fingerprint density at radius 1 is 1.21 bits per heavy atom. The first-order valence-electron chi connectivity index (χ1n) is 6.81. The molecule has 3 heteroatoms. The highest BCUT2D eigenvalue weighted by molar-refractivity contribution is 5.72. The third-order valence-electron chi connectivity index (χ3n) is 2.84. The summed E-state index contributed by atoms with van der Waals surface area (Å²) in [6, 6.07) is 10.4. The molecular weight excluding hydrogens is 238 g/mol. The Kier molecular flexibility index (Phi) is 5.55. The van der Waals surface area contributed by atoms with Gasteiger partial charge in [-0.05, 0) is 33.3 Å². The van der Waals surface area contributed by atoms with Gasteiger partial charge in [0.2, 0.25) is 0 Å². The van der Waals surface area contributed by atoms with Gasteiger partial charge in [0.1, 0.15) is 5.60 Å². The predicted molar refractivity (Wildman–Crippen MR) is 77.9 cm³/mol. The average molecular weight is 263 g/mol. The van der Waals surface area contributed by atoms with E-state index in [2.05, 4.69) is 24.4 Å². The zero-order valence-corrected chi connectivity index (χ0v) is 12.6. The minimum absolute atomic E-state index is 0.148. The molecule has 1 rings (SSSR count). The Morgan fingerprint density at radius 3 is 2.32 bits per heavy atom. The summed E-state index contributed by atoms with van der Waals surface area (Å²) in [5.74, 6) is -0.300. The molecule has 0 saturated carbocycles. The first kappa shape index (κ1) is 15.7. The van der Waals surface area contributed by atoms with Gasteiger partial charge in [0, 0.05) is 12.6 Å². The lowest BCUT2D eigenvalue weighted by atomic mass is 10.1. The maximum atomic E-state index is 11.8. The minimum Gasteiger partial charge on any atom is -0.460 e. The standard InChI is InChI=1S/C16H25NO2/c1-12(15(18)19-16(3,4)5)11-17-13(2)14-9-7-6-8-10-14/h6-10,12-13,17H,11H2,1-5H3/t12-,13-/m1/s1. The van der Waals surface area contributed by atoms with Crippen molar-refractivity contribution in [3.05, 3.63) is 35.9 Å². The Labute approximate surface area is 116 Å². The number of benzene rings is 1. The molecule has 0 aromatic heterocycles. The van der Waals surface area contributed by atoms with Gasteiger partial charge in [0.25, 0.3) is 0 Å². The number of hydrogen-bond donors (Lipinski definition) is 1. The van der Waals surface area contributed by atoms with Crippen molar-refractivity contribution < 1.29 is 9.53 Å². The van der Waals surface area contributed by atoms with E-state index in [1.54, 1.807) is 0 Å². The molecule has 0 bridgehead atoms. The van der Waals surface area contributed by atoms with E-state index < -0.39 is 5.60 Å². The van der Waals surface area contributed by atoms with Crippen LogP contribution in [0.25, 0.3) is 0 Å². The SMILES string of the molecule is C[C@H](CN[C@H](C)c1ccccc1)C(=O)OC(C)(C)C. The van der Waals surface area contributed by atoms with Gasteiger partial charge in [-0.25, -0.2) is 0 Å². The molecule has 0 spiro atoms. The van der Waals surface area contributed by atoms with Crippen LogP contribution in [0.15, 0.2) is 30.3 Å². The lowest BCUT2D eigenvalue weighted by molar-refractivity contribution is -0.159. The number of rotatable bonds is 5. The van der Waals surface area contributed by atoms with Gasteiger partial charge in [-0.2, -0.15) is 0 Å². The van der Waals surface area contributed by atoms with Gasteiger partial charge < -0.3 is 10.1 Å². The predicted octanol–water partition coefficient (Wildman–Crippen LogP) is 3.32. The van der Waals surface area contributed by atoms with Crippen LogP contribution in [-0.2, 0) is 9.53 Å². The Bertz CT molecular complexity index is 395. The van der Waals surface area contributed by atoms with E-state index in [1.807, 2.05) is 45.9 Å². The number of hydrogen-bond acceptors (Lipinski definition) is 3. The van der Waals surface area contributed by atoms with Crippen LogP contribution in [0.3, 0.4) is 0 Å². The Hall–Kier alpha value is -1.35. The fourth-order valence-electron chi connectivity index (χ4n) is 1.70. The summed E-state index contributed by atoms with van der Waals surface area (Å²) in [7, 11) is 0. The average Bonchev–Trinajstić information content (AvgIpc) is 2.34. The Balaban J connectivity index is 2.42. The maximum absolute atomic E-state index is 11.8. The second-order valence-corrected chi connectivity index (χ2v) is 5.98. The molecule has 0 heterocycles. The smallest absolute Gasteiger partial charge is 0.310 e. The third-order valence-corrected chi connectivity index (χ3v) is 2.84. The summed E-state index contributed by atoms with van der Waals surface area (Å²) in [6.45, 7) is 10.3. The molecule has 1 N–H and O–H groups in total. The van der Waals surface area contributed by atoms with Gasteiger partial charge in [-0.15, -0.1) is 0 Å². The number of carbonyl (C=O) groups is 1. The monoisotopic (exact) mass is 263 g/mol. The summed E-state index contributed by atoms with van der Waals surface area (Å²) >= 11 is 0. The topological polar surface area (TPSA) is 38.3 Å². The van der Waals surface area contributed by atoms with Crippen molar-refractivity contribution in [2.45, 2.75) is 46.3 Å². The van der Waals surface area contributed by atoms with Crippen molar-refractivity contribution in [1.82, 2.24) is 5.32 Å². The van der Waals surface area contributed by atoms with Crippen molar-refractivity contribution >= 4 is 5.97 Å². The molecule has 0 saturated heterocycles. The fraction of sp³-hybridized carbons (Fsp3) is 0.562. The molecule has 0 aliphatic carbocycles. The second kappa shape index (κ2) is 6.71. The minimum atomic E-state index is -0.420. The highest BCUT2D eigenvalue weighted by Gasteiger charge is 2.21. The molecule has 1 aromatic rings. The van der Waals surface area contributed by atoms with E-state index in [1.165, 1.54) is 5.56 Å².